The first kappa shape index (κ1) is 14.9. The van der Waals surface area contributed by atoms with Gasteiger partial charge in [0.05, 0.1) is 0 Å². The summed E-state index contributed by atoms with van der Waals surface area (Å²) in [5.74, 6) is 0.0729. The predicted molar refractivity (Wildman–Crippen MR) is 68.8 cm³/mol. The molecule has 0 unspecified atom stereocenters. The number of rotatable bonds is 5. The second-order valence-corrected chi connectivity index (χ2v) is 3.57. The third-order valence-corrected chi connectivity index (χ3v) is 2.35. The minimum absolute atomic E-state index is 0. The van der Waals surface area contributed by atoms with Crippen LogP contribution in [0.25, 0.3) is 0 Å². The maximum Gasteiger partial charge on any atom is 0.220 e. The van der Waals surface area contributed by atoms with Gasteiger partial charge >= 0.3 is 0 Å². The van der Waals surface area contributed by atoms with Crippen molar-refractivity contribution >= 4 is 18.3 Å². The molecule has 0 heterocycles. The van der Waals surface area contributed by atoms with Crippen molar-refractivity contribution in [2.75, 3.05) is 13.1 Å². The fourth-order valence-corrected chi connectivity index (χ4v) is 1.44. The third-order valence-electron chi connectivity index (χ3n) is 2.35. The first-order chi connectivity index (χ1) is 7.24. The Morgan fingerprint density at radius 3 is 2.69 bits per heavy atom. The number of amides is 1. The quantitative estimate of drug-likeness (QED) is 0.821. The zero-order valence-corrected chi connectivity index (χ0v) is 10.3. The zero-order valence-electron chi connectivity index (χ0n) is 9.53. The molecule has 0 aliphatic rings. The molecule has 3 N–H and O–H groups in total. The lowest BCUT2D eigenvalue weighted by molar-refractivity contribution is -0.120. The highest BCUT2D eigenvalue weighted by atomic mass is 35.5. The molecule has 0 aromatic heterocycles. The van der Waals surface area contributed by atoms with Crippen LogP contribution in [0.5, 0.6) is 0 Å². The van der Waals surface area contributed by atoms with Gasteiger partial charge in [-0.3, -0.25) is 4.79 Å². The van der Waals surface area contributed by atoms with Crippen molar-refractivity contribution in [3.63, 3.8) is 0 Å². The highest BCUT2D eigenvalue weighted by molar-refractivity contribution is 5.85. The molecule has 3 nitrogen and oxygen atoms in total. The summed E-state index contributed by atoms with van der Waals surface area (Å²) in [6.07, 6.45) is 1.33. The Kier molecular flexibility index (Phi) is 7.60. The van der Waals surface area contributed by atoms with Crippen LogP contribution in [0.1, 0.15) is 17.5 Å². The van der Waals surface area contributed by atoms with Gasteiger partial charge < -0.3 is 11.1 Å². The molecule has 0 aliphatic carbocycles. The minimum Gasteiger partial charge on any atom is -0.355 e. The summed E-state index contributed by atoms with van der Waals surface area (Å²) in [7, 11) is 0. The molecule has 4 heteroatoms. The molecule has 0 atom stereocenters. The molecule has 1 aromatic carbocycles. The van der Waals surface area contributed by atoms with E-state index >= 15 is 0 Å². The standard InChI is InChI=1S/C12H18N2O.ClH/c1-10-4-2-3-5-11(10)6-7-12(15)14-9-8-13;/h2-5H,6-9,13H2,1H3,(H,14,15);1H. The lowest BCUT2D eigenvalue weighted by Crippen LogP contribution is -2.29. The number of aryl methyl sites for hydroxylation is 2. The lowest BCUT2D eigenvalue weighted by Gasteiger charge is -2.05. The second-order valence-electron chi connectivity index (χ2n) is 3.57. The predicted octanol–water partition coefficient (Wildman–Crippen LogP) is 1.42. The lowest BCUT2D eigenvalue weighted by atomic mass is 10.0. The maximum absolute atomic E-state index is 11.3. The monoisotopic (exact) mass is 242 g/mol. The molecule has 0 fully saturated rings. The van der Waals surface area contributed by atoms with Crippen LogP contribution in [0.4, 0.5) is 0 Å². The molecule has 1 rings (SSSR count). The summed E-state index contributed by atoms with van der Waals surface area (Å²) >= 11 is 0. The van der Waals surface area contributed by atoms with E-state index in [4.69, 9.17) is 5.73 Å². The van der Waals surface area contributed by atoms with Gasteiger partial charge in [-0.1, -0.05) is 24.3 Å². The van der Waals surface area contributed by atoms with E-state index in [-0.39, 0.29) is 18.3 Å². The van der Waals surface area contributed by atoms with Crippen LogP contribution >= 0.6 is 12.4 Å². The van der Waals surface area contributed by atoms with E-state index in [1.165, 1.54) is 11.1 Å². The summed E-state index contributed by atoms with van der Waals surface area (Å²) in [4.78, 5) is 11.3. The Morgan fingerprint density at radius 1 is 1.38 bits per heavy atom. The van der Waals surface area contributed by atoms with Crippen LogP contribution in [-0.2, 0) is 11.2 Å². The molecule has 1 aromatic rings. The summed E-state index contributed by atoms with van der Waals surface area (Å²) in [6, 6.07) is 8.13. The average Bonchev–Trinajstić information content (AvgIpc) is 2.25. The first-order valence-corrected chi connectivity index (χ1v) is 5.25. The molecule has 0 bridgehead atoms. The fraction of sp³-hybridized carbons (Fsp3) is 0.417. The number of nitrogens with one attached hydrogen (secondary N) is 1. The number of carbonyl (C=O) groups excluding carboxylic acids is 1. The Bertz CT molecular complexity index is 329. The normalized spacial score (nSPS) is 9.38. The van der Waals surface area contributed by atoms with E-state index in [9.17, 15) is 4.79 Å². The molecule has 0 saturated heterocycles. The van der Waals surface area contributed by atoms with E-state index in [2.05, 4.69) is 24.4 Å². The van der Waals surface area contributed by atoms with Crippen molar-refractivity contribution < 1.29 is 4.79 Å². The first-order valence-electron chi connectivity index (χ1n) is 5.25. The average molecular weight is 243 g/mol. The van der Waals surface area contributed by atoms with Gasteiger partial charge in [0.2, 0.25) is 5.91 Å². The Balaban J connectivity index is 0.00000225. The number of hydrogen-bond donors (Lipinski definition) is 2. The molecular formula is C12H19ClN2O. The van der Waals surface area contributed by atoms with Gasteiger partial charge in [-0.05, 0) is 24.5 Å². The molecule has 16 heavy (non-hydrogen) atoms. The Morgan fingerprint density at radius 2 is 2.06 bits per heavy atom. The second kappa shape index (κ2) is 8.13. The SMILES string of the molecule is Cc1ccccc1CCC(=O)NCCN.Cl. The van der Waals surface area contributed by atoms with Gasteiger partial charge in [0.1, 0.15) is 0 Å². The number of halogens is 1. The smallest absolute Gasteiger partial charge is 0.220 e. The molecule has 0 radical (unpaired) electrons. The molecule has 1 amide bonds. The van der Waals surface area contributed by atoms with Gasteiger partial charge in [-0.15, -0.1) is 12.4 Å². The third kappa shape index (κ3) is 5.14. The van der Waals surface area contributed by atoms with Crippen LogP contribution in [0, 0.1) is 6.92 Å². The van der Waals surface area contributed by atoms with Crippen molar-refractivity contribution in [3.05, 3.63) is 35.4 Å². The number of nitrogens with two attached hydrogens (primary N) is 1. The van der Waals surface area contributed by atoms with E-state index in [0.717, 1.165) is 6.42 Å². The highest BCUT2D eigenvalue weighted by Gasteiger charge is 2.02. The minimum atomic E-state index is 0. The van der Waals surface area contributed by atoms with E-state index in [1.54, 1.807) is 0 Å². The number of carbonyl (C=O) groups is 1. The van der Waals surface area contributed by atoms with Gasteiger partial charge in [0.25, 0.3) is 0 Å². The van der Waals surface area contributed by atoms with Crippen molar-refractivity contribution in [2.45, 2.75) is 19.8 Å². The zero-order chi connectivity index (χ0) is 11.1. The van der Waals surface area contributed by atoms with Crippen molar-refractivity contribution in [1.29, 1.82) is 0 Å². The van der Waals surface area contributed by atoms with Crippen LogP contribution in [-0.4, -0.2) is 19.0 Å². The van der Waals surface area contributed by atoms with Crippen LogP contribution in [0.15, 0.2) is 24.3 Å². The van der Waals surface area contributed by atoms with Crippen molar-refractivity contribution in [3.8, 4) is 0 Å². The van der Waals surface area contributed by atoms with Crippen LogP contribution in [0.2, 0.25) is 0 Å². The van der Waals surface area contributed by atoms with E-state index in [1.807, 2.05) is 12.1 Å². The molecule has 0 aliphatic heterocycles. The summed E-state index contributed by atoms with van der Waals surface area (Å²) in [6.45, 7) is 3.12. The van der Waals surface area contributed by atoms with Gasteiger partial charge in [0, 0.05) is 19.5 Å². The van der Waals surface area contributed by atoms with E-state index in [0.29, 0.717) is 19.5 Å². The van der Waals surface area contributed by atoms with E-state index < -0.39 is 0 Å². The maximum atomic E-state index is 11.3. The Labute approximate surface area is 103 Å². The molecule has 90 valence electrons. The highest BCUT2D eigenvalue weighted by Crippen LogP contribution is 2.09. The summed E-state index contributed by atoms with van der Waals surface area (Å²) in [5.41, 5.74) is 7.77. The van der Waals surface area contributed by atoms with Gasteiger partial charge in [0.15, 0.2) is 0 Å². The number of hydrogen-bond acceptors (Lipinski definition) is 2. The molecule has 0 saturated carbocycles. The topological polar surface area (TPSA) is 55.1 Å². The molecule has 0 spiro atoms. The number of benzene rings is 1. The molecular weight excluding hydrogens is 224 g/mol. The van der Waals surface area contributed by atoms with Crippen molar-refractivity contribution in [1.82, 2.24) is 5.32 Å². The van der Waals surface area contributed by atoms with Gasteiger partial charge in [-0.2, -0.15) is 0 Å². The van der Waals surface area contributed by atoms with Crippen molar-refractivity contribution in [2.24, 2.45) is 5.73 Å². The summed E-state index contributed by atoms with van der Waals surface area (Å²) < 4.78 is 0. The Hall–Kier alpha value is -1.06. The van der Waals surface area contributed by atoms with Crippen LogP contribution in [0.3, 0.4) is 0 Å². The largest absolute Gasteiger partial charge is 0.355 e. The summed E-state index contributed by atoms with van der Waals surface area (Å²) in [5, 5.41) is 2.76. The van der Waals surface area contributed by atoms with Gasteiger partial charge in [-0.25, -0.2) is 0 Å². The fourth-order valence-electron chi connectivity index (χ4n) is 1.44. The van der Waals surface area contributed by atoms with Crippen LogP contribution < -0.4 is 11.1 Å².